The van der Waals surface area contributed by atoms with E-state index in [0.717, 1.165) is 29.0 Å². The molecule has 1 amide bonds. The van der Waals surface area contributed by atoms with Crippen LogP contribution in [0.1, 0.15) is 36.1 Å². The van der Waals surface area contributed by atoms with Crippen LogP contribution >= 0.6 is 0 Å². The lowest BCUT2D eigenvalue weighted by Gasteiger charge is -2.27. The van der Waals surface area contributed by atoms with Crippen LogP contribution in [0.3, 0.4) is 0 Å². The molecule has 3 rings (SSSR count). The Morgan fingerprint density at radius 1 is 1.31 bits per heavy atom. The Hall–Kier alpha value is -2.42. The number of hydrogen-bond donors (Lipinski definition) is 1. The predicted molar refractivity (Wildman–Crippen MR) is 98.2 cm³/mol. The lowest BCUT2D eigenvalue weighted by atomic mass is 10.2. The molecule has 1 aromatic carbocycles. The molecule has 1 aliphatic heterocycles. The molecular weight excluding hydrogens is 354 g/mol. The number of aromatic amines is 1. The highest BCUT2D eigenvalue weighted by Crippen LogP contribution is 2.30. The van der Waals surface area contributed by atoms with Gasteiger partial charge in [0, 0.05) is 6.54 Å². The lowest BCUT2D eigenvalue weighted by Crippen LogP contribution is -2.42. The molecule has 1 aromatic heterocycles. The van der Waals surface area contributed by atoms with Gasteiger partial charge in [-0.05, 0) is 38.8 Å². The number of aromatic nitrogens is 3. The molecule has 1 N–H and O–H groups in total. The van der Waals surface area contributed by atoms with Gasteiger partial charge in [0.15, 0.2) is 5.82 Å². The van der Waals surface area contributed by atoms with Crippen molar-refractivity contribution in [2.75, 3.05) is 23.7 Å². The van der Waals surface area contributed by atoms with E-state index in [1.54, 1.807) is 24.0 Å². The molecule has 0 spiro atoms. The van der Waals surface area contributed by atoms with Crippen LogP contribution in [-0.2, 0) is 14.8 Å². The van der Waals surface area contributed by atoms with Crippen LogP contribution in [0.2, 0.25) is 0 Å². The van der Waals surface area contributed by atoms with E-state index in [2.05, 4.69) is 15.2 Å². The number of carbonyl (C=O) groups is 1. The van der Waals surface area contributed by atoms with E-state index in [4.69, 9.17) is 0 Å². The summed E-state index contributed by atoms with van der Waals surface area (Å²) in [6.07, 6.45) is 2.72. The molecule has 8 nitrogen and oxygen atoms in total. The van der Waals surface area contributed by atoms with Gasteiger partial charge in [-0.2, -0.15) is 5.10 Å². The molecule has 1 saturated heterocycles. The van der Waals surface area contributed by atoms with Crippen LogP contribution in [0.15, 0.2) is 24.3 Å². The molecule has 1 aliphatic rings. The van der Waals surface area contributed by atoms with Gasteiger partial charge in [-0.3, -0.25) is 14.2 Å². The molecule has 1 atom stereocenters. The molecular formula is C17H23N5O3S. The molecule has 140 valence electrons. The molecule has 0 bridgehead atoms. The molecule has 0 unspecified atom stereocenters. The Kier molecular flexibility index (Phi) is 4.99. The lowest BCUT2D eigenvalue weighted by molar-refractivity contribution is -0.130. The van der Waals surface area contributed by atoms with Crippen LogP contribution in [-0.4, -0.2) is 53.8 Å². The average Bonchev–Trinajstić information content (AvgIpc) is 3.21. The van der Waals surface area contributed by atoms with Gasteiger partial charge in [-0.25, -0.2) is 13.4 Å². The second-order valence-electron chi connectivity index (χ2n) is 6.63. The molecule has 1 fully saturated rings. The first-order valence-electron chi connectivity index (χ1n) is 8.48. The van der Waals surface area contributed by atoms with E-state index in [-0.39, 0.29) is 18.5 Å². The topological polar surface area (TPSA) is 99.3 Å². The van der Waals surface area contributed by atoms with Gasteiger partial charge in [0.25, 0.3) is 0 Å². The van der Waals surface area contributed by atoms with Gasteiger partial charge in [-0.15, -0.1) is 0 Å². The zero-order valence-electron chi connectivity index (χ0n) is 15.1. The number of amides is 1. The Balaban J connectivity index is 1.82. The number of rotatable bonds is 5. The second-order valence-corrected chi connectivity index (χ2v) is 8.54. The Bertz CT molecular complexity index is 891. The van der Waals surface area contributed by atoms with Crippen LogP contribution in [0, 0.1) is 13.8 Å². The van der Waals surface area contributed by atoms with Crippen molar-refractivity contribution in [1.29, 1.82) is 0 Å². The zero-order valence-corrected chi connectivity index (χ0v) is 16.0. The fraction of sp³-hybridized carbons (Fsp3) is 0.471. The van der Waals surface area contributed by atoms with Crippen molar-refractivity contribution in [1.82, 2.24) is 20.1 Å². The van der Waals surface area contributed by atoms with Crippen molar-refractivity contribution in [3.05, 3.63) is 41.5 Å². The third-order valence-electron chi connectivity index (χ3n) is 4.49. The maximum absolute atomic E-state index is 12.9. The molecule has 0 radical (unpaired) electrons. The highest BCUT2D eigenvalue weighted by Gasteiger charge is 2.34. The summed E-state index contributed by atoms with van der Waals surface area (Å²) in [5.74, 6) is 1.02. The Morgan fingerprint density at radius 2 is 2.00 bits per heavy atom. The third kappa shape index (κ3) is 3.87. The van der Waals surface area contributed by atoms with E-state index in [1.807, 2.05) is 19.1 Å². The van der Waals surface area contributed by atoms with Gasteiger partial charge in [0.2, 0.25) is 15.9 Å². The fourth-order valence-electron chi connectivity index (χ4n) is 3.17. The van der Waals surface area contributed by atoms with E-state index in [0.29, 0.717) is 23.9 Å². The van der Waals surface area contributed by atoms with Crippen molar-refractivity contribution in [2.45, 2.75) is 32.7 Å². The predicted octanol–water partition coefficient (Wildman–Crippen LogP) is 1.55. The van der Waals surface area contributed by atoms with E-state index >= 15 is 0 Å². The summed E-state index contributed by atoms with van der Waals surface area (Å²) in [6.45, 7) is 4.07. The monoisotopic (exact) mass is 377 g/mol. The van der Waals surface area contributed by atoms with Crippen LogP contribution in [0.5, 0.6) is 0 Å². The summed E-state index contributed by atoms with van der Waals surface area (Å²) in [7, 11) is -3.59. The van der Waals surface area contributed by atoms with Crippen molar-refractivity contribution in [3.63, 3.8) is 0 Å². The van der Waals surface area contributed by atoms with E-state index < -0.39 is 10.0 Å². The first kappa shape index (κ1) is 18.4. The number of hydrogen-bond acceptors (Lipinski definition) is 5. The third-order valence-corrected chi connectivity index (χ3v) is 5.63. The summed E-state index contributed by atoms with van der Waals surface area (Å²) in [5, 5.41) is 6.96. The number of anilines is 1. The normalized spacial score (nSPS) is 17.5. The minimum atomic E-state index is -3.59. The quantitative estimate of drug-likeness (QED) is 0.852. The number of sulfonamides is 1. The SMILES string of the molecule is Cc1ccc(N(CC(=O)N2CCC[C@H]2c2n[nH]c(C)n2)S(C)(=O)=O)cc1. The summed E-state index contributed by atoms with van der Waals surface area (Å²) in [6, 6.07) is 6.86. The maximum Gasteiger partial charge on any atom is 0.243 e. The zero-order chi connectivity index (χ0) is 18.9. The van der Waals surface area contributed by atoms with Crippen molar-refractivity contribution >= 4 is 21.6 Å². The summed E-state index contributed by atoms with van der Waals surface area (Å²) in [4.78, 5) is 18.9. The van der Waals surface area contributed by atoms with Gasteiger partial charge in [-0.1, -0.05) is 17.7 Å². The highest BCUT2D eigenvalue weighted by atomic mass is 32.2. The number of nitrogens with zero attached hydrogens (tertiary/aromatic N) is 4. The highest BCUT2D eigenvalue weighted by molar-refractivity contribution is 7.92. The summed E-state index contributed by atoms with van der Waals surface area (Å²) >= 11 is 0. The average molecular weight is 377 g/mol. The second kappa shape index (κ2) is 7.06. The summed E-state index contributed by atoms with van der Waals surface area (Å²) < 4.78 is 25.6. The standard InChI is InChI=1S/C17H23N5O3S/c1-12-6-8-14(9-7-12)22(26(3,24)25)11-16(23)21-10-4-5-15(21)17-18-13(2)19-20-17/h6-9,15H,4-5,10-11H2,1-3H3,(H,18,19,20)/t15-/m0/s1. The summed E-state index contributed by atoms with van der Waals surface area (Å²) in [5.41, 5.74) is 1.50. The van der Waals surface area contributed by atoms with Crippen molar-refractivity contribution < 1.29 is 13.2 Å². The van der Waals surface area contributed by atoms with Gasteiger partial charge in [0.05, 0.1) is 18.0 Å². The fourth-order valence-corrected chi connectivity index (χ4v) is 4.02. The van der Waals surface area contributed by atoms with Crippen molar-refractivity contribution in [3.8, 4) is 0 Å². The Labute approximate surface area is 153 Å². The van der Waals surface area contributed by atoms with Crippen molar-refractivity contribution in [2.24, 2.45) is 0 Å². The maximum atomic E-state index is 12.9. The van der Waals surface area contributed by atoms with E-state index in [9.17, 15) is 13.2 Å². The molecule has 9 heteroatoms. The molecule has 2 aromatic rings. The number of nitrogens with one attached hydrogen (secondary N) is 1. The number of H-pyrrole nitrogens is 1. The molecule has 0 saturated carbocycles. The molecule has 0 aliphatic carbocycles. The number of likely N-dealkylation sites (tertiary alicyclic amines) is 1. The van der Waals surface area contributed by atoms with Crippen LogP contribution in [0.4, 0.5) is 5.69 Å². The van der Waals surface area contributed by atoms with Crippen LogP contribution in [0.25, 0.3) is 0 Å². The molecule has 2 heterocycles. The van der Waals surface area contributed by atoms with Gasteiger partial charge in [0.1, 0.15) is 12.4 Å². The Morgan fingerprint density at radius 3 is 2.58 bits per heavy atom. The van der Waals surface area contributed by atoms with Gasteiger partial charge < -0.3 is 4.90 Å². The number of aryl methyl sites for hydroxylation is 2. The minimum Gasteiger partial charge on any atom is -0.331 e. The molecule has 26 heavy (non-hydrogen) atoms. The van der Waals surface area contributed by atoms with Crippen LogP contribution < -0.4 is 4.31 Å². The number of benzene rings is 1. The first-order chi connectivity index (χ1) is 12.3. The minimum absolute atomic E-state index is 0.216. The first-order valence-corrected chi connectivity index (χ1v) is 10.3. The van der Waals surface area contributed by atoms with E-state index in [1.165, 1.54) is 0 Å². The smallest absolute Gasteiger partial charge is 0.243 e. The largest absolute Gasteiger partial charge is 0.331 e. The number of carbonyl (C=O) groups excluding carboxylic acids is 1. The van der Waals surface area contributed by atoms with Gasteiger partial charge >= 0.3 is 0 Å².